The standard InChI is InChI=1S/C9H7ClN2O2/c10-6-3-7(5-8(13)4-6)12-2-1-9(14)11-12/h1-5,13H,(H,11,14). The van der Waals surface area contributed by atoms with E-state index in [0.29, 0.717) is 10.7 Å². The molecule has 1 aromatic heterocycles. The Hall–Kier alpha value is -1.68. The summed E-state index contributed by atoms with van der Waals surface area (Å²) in [5.74, 6) is 0.0575. The third-order valence-electron chi connectivity index (χ3n) is 1.75. The van der Waals surface area contributed by atoms with E-state index in [1.807, 2.05) is 0 Å². The summed E-state index contributed by atoms with van der Waals surface area (Å²) in [5, 5.41) is 12.2. The van der Waals surface area contributed by atoms with Crippen LogP contribution in [0.3, 0.4) is 0 Å². The Morgan fingerprint density at radius 2 is 2.14 bits per heavy atom. The van der Waals surface area contributed by atoms with Crippen molar-refractivity contribution < 1.29 is 5.11 Å². The third-order valence-corrected chi connectivity index (χ3v) is 1.97. The monoisotopic (exact) mass is 210 g/mol. The zero-order chi connectivity index (χ0) is 10.1. The molecule has 2 rings (SSSR count). The molecule has 2 aromatic rings. The Morgan fingerprint density at radius 3 is 2.71 bits per heavy atom. The molecule has 0 amide bonds. The van der Waals surface area contributed by atoms with Crippen LogP contribution in [0, 0.1) is 0 Å². The molecule has 0 atom stereocenters. The van der Waals surface area contributed by atoms with Gasteiger partial charge in [-0.3, -0.25) is 14.6 Å². The van der Waals surface area contributed by atoms with Crippen LogP contribution in [0.2, 0.25) is 5.02 Å². The average Bonchev–Trinajstić information content (AvgIpc) is 2.50. The van der Waals surface area contributed by atoms with Gasteiger partial charge in [-0.15, -0.1) is 0 Å². The normalized spacial score (nSPS) is 10.4. The molecule has 4 nitrogen and oxygen atoms in total. The summed E-state index contributed by atoms with van der Waals surface area (Å²) in [5.41, 5.74) is 0.404. The van der Waals surface area contributed by atoms with Crippen LogP contribution in [0.15, 0.2) is 35.3 Å². The summed E-state index contributed by atoms with van der Waals surface area (Å²) in [4.78, 5) is 10.9. The van der Waals surface area contributed by atoms with Gasteiger partial charge in [0.05, 0.1) is 5.69 Å². The first kappa shape index (κ1) is 8.90. The van der Waals surface area contributed by atoms with E-state index in [0.717, 1.165) is 0 Å². The zero-order valence-electron chi connectivity index (χ0n) is 7.07. The molecular formula is C9H7ClN2O2. The summed E-state index contributed by atoms with van der Waals surface area (Å²) in [6, 6.07) is 5.95. The smallest absolute Gasteiger partial charge is 0.264 e. The molecule has 0 saturated heterocycles. The van der Waals surface area contributed by atoms with Gasteiger partial charge in [-0.2, -0.15) is 0 Å². The van der Waals surface area contributed by atoms with E-state index in [2.05, 4.69) is 5.10 Å². The van der Waals surface area contributed by atoms with Gasteiger partial charge in [0.2, 0.25) is 0 Å². The number of aromatic amines is 1. The van der Waals surface area contributed by atoms with Crippen molar-refractivity contribution in [3.63, 3.8) is 0 Å². The van der Waals surface area contributed by atoms with Gasteiger partial charge in [0.15, 0.2) is 0 Å². The minimum atomic E-state index is -0.204. The molecule has 0 aliphatic carbocycles. The predicted molar refractivity (Wildman–Crippen MR) is 53.1 cm³/mol. The molecule has 1 aromatic carbocycles. The number of hydrogen-bond acceptors (Lipinski definition) is 2. The number of aromatic nitrogens is 2. The van der Waals surface area contributed by atoms with E-state index >= 15 is 0 Å². The average molecular weight is 211 g/mol. The maximum Gasteiger partial charge on any atom is 0.264 e. The highest BCUT2D eigenvalue weighted by atomic mass is 35.5. The highest BCUT2D eigenvalue weighted by molar-refractivity contribution is 6.30. The lowest BCUT2D eigenvalue weighted by atomic mass is 10.3. The fraction of sp³-hybridized carbons (Fsp3) is 0. The number of aromatic hydroxyl groups is 1. The van der Waals surface area contributed by atoms with Crippen LogP contribution in [-0.4, -0.2) is 14.9 Å². The quantitative estimate of drug-likeness (QED) is 0.750. The van der Waals surface area contributed by atoms with Crippen LogP contribution in [0.25, 0.3) is 5.69 Å². The number of phenolic OH excluding ortho intramolecular Hbond substituents is 1. The number of rotatable bonds is 1. The molecule has 0 bridgehead atoms. The largest absolute Gasteiger partial charge is 0.508 e. The molecule has 0 fully saturated rings. The molecule has 0 spiro atoms. The molecule has 0 saturated carbocycles. The van der Waals surface area contributed by atoms with E-state index in [1.54, 1.807) is 12.3 Å². The topological polar surface area (TPSA) is 58.0 Å². The van der Waals surface area contributed by atoms with Crippen molar-refractivity contribution in [2.45, 2.75) is 0 Å². The SMILES string of the molecule is O=c1ccn(-c2cc(O)cc(Cl)c2)[nH]1. The zero-order valence-corrected chi connectivity index (χ0v) is 7.82. The molecule has 0 aliphatic rings. The first-order chi connectivity index (χ1) is 6.65. The highest BCUT2D eigenvalue weighted by Gasteiger charge is 2.00. The van der Waals surface area contributed by atoms with Crippen molar-refractivity contribution in [3.05, 3.63) is 45.8 Å². The molecule has 1 heterocycles. The summed E-state index contributed by atoms with van der Waals surface area (Å²) in [6.45, 7) is 0. The van der Waals surface area contributed by atoms with Crippen molar-refractivity contribution >= 4 is 11.6 Å². The van der Waals surface area contributed by atoms with Crippen molar-refractivity contribution in [1.82, 2.24) is 9.78 Å². The first-order valence-corrected chi connectivity index (χ1v) is 4.30. The number of hydrogen-bond donors (Lipinski definition) is 2. The number of halogens is 1. The van der Waals surface area contributed by atoms with Gasteiger partial charge in [0.1, 0.15) is 5.75 Å². The molecular weight excluding hydrogens is 204 g/mol. The minimum Gasteiger partial charge on any atom is -0.508 e. The van der Waals surface area contributed by atoms with Gasteiger partial charge < -0.3 is 5.11 Å². The third kappa shape index (κ3) is 1.65. The molecule has 14 heavy (non-hydrogen) atoms. The summed E-state index contributed by atoms with van der Waals surface area (Å²) in [6.07, 6.45) is 1.56. The summed E-state index contributed by atoms with van der Waals surface area (Å²) < 4.78 is 1.48. The highest BCUT2D eigenvalue weighted by Crippen LogP contribution is 2.21. The summed E-state index contributed by atoms with van der Waals surface area (Å²) in [7, 11) is 0. The maximum atomic E-state index is 10.9. The first-order valence-electron chi connectivity index (χ1n) is 3.93. The maximum absolute atomic E-state index is 10.9. The Balaban J connectivity index is 2.56. The van der Waals surface area contributed by atoms with Crippen LogP contribution in [0.1, 0.15) is 0 Å². The lowest BCUT2D eigenvalue weighted by molar-refractivity contribution is 0.475. The van der Waals surface area contributed by atoms with Crippen molar-refractivity contribution in [1.29, 1.82) is 0 Å². The van der Waals surface area contributed by atoms with Gasteiger partial charge in [0.25, 0.3) is 5.56 Å². The lowest BCUT2D eigenvalue weighted by Crippen LogP contribution is -2.02. The van der Waals surface area contributed by atoms with E-state index in [9.17, 15) is 9.90 Å². The second-order valence-electron chi connectivity index (χ2n) is 2.83. The van der Waals surface area contributed by atoms with Crippen LogP contribution in [-0.2, 0) is 0 Å². The molecule has 72 valence electrons. The molecule has 0 unspecified atom stereocenters. The van der Waals surface area contributed by atoms with Gasteiger partial charge in [-0.25, -0.2) is 0 Å². The van der Waals surface area contributed by atoms with Gasteiger partial charge in [0, 0.05) is 23.4 Å². The van der Waals surface area contributed by atoms with Crippen molar-refractivity contribution in [2.24, 2.45) is 0 Å². The molecule has 2 N–H and O–H groups in total. The fourth-order valence-corrected chi connectivity index (χ4v) is 1.41. The predicted octanol–water partition coefficient (Wildman–Crippen LogP) is 1.52. The van der Waals surface area contributed by atoms with E-state index < -0.39 is 0 Å². The molecule has 5 heteroatoms. The van der Waals surface area contributed by atoms with E-state index in [-0.39, 0.29) is 11.3 Å². The Kier molecular flexibility index (Phi) is 2.05. The number of benzene rings is 1. The summed E-state index contributed by atoms with van der Waals surface area (Å²) >= 11 is 5.74. The Bertz CT molecular complexity index is 495. The van der Waals surface area contributed by atoms with Crippen LogP contribution in [0.5, 0.6) is 5.75 Å². The minimum absolute atomic E-state index is 0.0575. The Morgan fingerprint density at radius 1 is 1.36 bits per heavy atom. The van der Waals surface area contributed by atoms with Gasteiger partial charge in [-0.1, -0.05) is 11.6 Å². The van der Waals surface area contributed by atoms with Gasteiger partial charge >= 0.3 is 0 Å². The van der Waals surface area contributed by atoms with E-state index in [4.69, 9.17) is 11.6 Å². The second kappa shape index (κ2) is 3.23. The number of nitrogens with one attached hydrogen (secondary N) is 1. The van der Waals surface area contributed by atoms with Gasteiger partial charge in [-0.05, 0) is 12.1 Å². The fourth-order valence-electron chi connectivity index (χ4n) is 1.18. The van der Waals surface area contributed by atoms with Crippen LogP contribution in [0.4, 0.5) is 0 Å². The van der Waals surface area contributed by atoms with Crippen molar-refractivity contribution in [3.8, 4) is 11.4 Å². The second-order valence-corrected chi connectivity index (χ2v) is 3.27. The number of nitrogens with zero attached hydrogens (tertiary/aromatic N) is 1. The van der Waals surface area contributed by atoms with Crippen LogP contribution < -0.4 is 5.56 Å². The molecule has 0 radical (unpaired) electrons. The van der Waals surface area contributed by atoms with Crippen LogP contribution >= 0.6 is 11.6 Å². The number of H-pyrrole nitrogens is 1. The molecule has 0 aliphatic heterocycles. The lowest BCUT2D eigenvalue weighted by Gasteiger charge is -2.03. The Labute approximate surface area is 84.4 Å². The van der Waals surface area contributed by atoms with E-state index in [1.165, 1.54) is 22.9 Å². The number of phenols is 1. The van der Waals surface area contributed by atoms with Crippen molar-refractivity contribution in [2.75, 3.05) is 0 Å².